The summed E-state index contributed by atoms with van der Waals surface area (Å²) in [6, 6.07) is 11.7. The molecular weight excluding hydrogens is 326 g/mol. The zero-order valence-electron chi connectivity index (χ0n) is 16.0. The van der Waals surface area contributed by atoms with E-state index >= 15 is 0 Å². The third kappa shape index (κ3) is 5.12. The highest BCUT2D eigenvalue weighted by Crippen LogP contribution is 2.28. The number of aryl methyl sites for hydroxylation is 2. The van der Waals surface area contributed by atoms with Crippen LogP contribution in [0.5, 0.6) is 11.5 Å². The number of benzene rings is 2. The second-order valence-electron chi connectivity index (χ2n) is 6.04. The van der Waals surface area contributed by atoms with Gasteiger partial charge in [-0.2, -0.15) is 0 Å². The van der Waals surface area contributed by atoms with Crippen molar-refractivity contribution in [3.63, 3.8) is 0 Å². The quantitative estimate of drug-likeness (QED) is 0.679. The standard InChI is InChI=1S/C22H27NO3/c1-5-14-26-19-12-10-17(15-20(19)25-4)11-13-21(24)23-22-16(3)8-7-9-18(22)6-2/h7-13,15H,5-6,14H2,1-4H3,(H,23,24). The summed E-state index contributed by atoms with van der Waals surface area (Å²) in [6.07, 6.45) is 5.11. The maximum Gasteiger partial charge on any atom is 0.248 e. The summed E-state index contributed by atoms with van der Waals surface area (Å²) < 4.78 is 11.0. The second-order valence-corrected chi connectivity index (χ2v) is 6.04. The first-order valence-corrected chi connectivity index (χ1v) is 8.97. The highest BCUT2D eigenvalue weighted by Gasteiger charge is 2.07. The number of anilines is 1. The predicted molar refractivity (Wildman–Crippen MR) is 107 cm³/mol. The Morgan fingerprint density at radius 3 is 2.65 bits per heavy atom. The topological polar surface area (TPSA) is 47.6 Å². The minimum absolute atomic E-state index is 0.153. The minimum Gasteiger partial charge on any atom is -0.493 e. The van der Waals surface area contributed by atoms with E-state index in [0.29, 0.717) is 18.1 Å². The van der Waals surface area contributed by atoms with Gasteiger partial charge in [-0.15, -0.1) is 0 Å². The van der Waals surface area contributed by atoms with Gasteiger partial charge in [0, 0.05) is 11.8 Å². The van der Waals surface area contributed by atoms with Gasteiger partial charge in [-0.3, -0.25) is 4.79 Å². The van der Waals surface area contributed by atoms with Gasteiger partial charge >= 0.3 is 0 Å². The second kappa shape index (κ2) is 9.66. The van der Waals surface area contributed by atoms with Crippen LogP contribution in [0.3, 0.4) is 0 Å². The van der Waals surface area contributed by atoms with Crippen LogP contribution in [0.2, 0.25) is 0 Å². The maximum atomic E-state index is 12.3. The van der Waals surface area contributed by atoms with E-state index in [1.807, 2.05) is 43.3 Å². The first-order valence-electron chi connectivity index (χ1n) is 8.97. The van der Waals surface area contributed by atoms with Crippen LogP contribution >= 0.6 is 0 Å². The fraction of sp³-hybridized carbons (Fsp3) is 0.318. The molecule has 0 atom stereocenters. The number of para-hydroxylation sites is 1. The van der Waals surface area contributed by atoms with Crippen LogP contribution in [0.25, 0.3) is 6.08 Å². The highest BCUT2D eigenvalue weighted by molar-refractivity contribution is 6.02. The monoisotopic (exact) mass is 353 g/mol. The van der Waals surface area contributed by atoms with Crippen LogP contribution in [0.15, 0.2) is 42.5 Å². The Balaban J connectivity index is 2.11. The van der Waals surface area contributed by atoms with Gasteiger partial charge in [0.05, 0.1) is 13.7 Å². The van der Waals surface area contributed by atoms with Crippen LogP contribution in [0.1, 0.15) is 37.0 Å². The number of rotatable bonds is 8. The average Bonchev–Trinajstić information content (AvgIpc) is 2.66. The molecule has 0 heterocycles. The van der Waals surface area contributed by atoms with Crippen LogP contribution in [-0.4, -0.2) is 19.6 Å². The molecule has 138 valence electrons. The molecule has 2 rings (SSSR count). The van der Waals surface area contributed by atoms with E-state index in [1.54, 1.807) is 13.2 Å². The van der Waals surface area contributed by atoms with Crippen LogP contribution in [0, 0.1) is 6.92 Å². The molecule has 2 aromatic carbocycles. The van der Waals surface area contributed by atoms with E-state index in [1.165, 1.54) is 6.08 Å². The van der Waals surface area contributed by atoms with Crippen molar-refractivity contribution in [1.29, 1.82) is 0 Å². The number of nitrogens with one attached hydrogen (secondary N) is 1. The molecule has 0 fully saturated rings. The molecule has 0 aromatic heterocycles. The van der Waals surface area contributed by atoms with Crippen molar-refractivity contribution in [2.24, 2.45) is 0 Å². The molecule has 4 heteroatoms. The van der Waals surface area contributed by atoms with Gasteiger partial charge in [-0.25, -0.2) is 0 Å². The van der Waals surface area contributed by atoms with Crippen LogP contribution in [0.4, 0.5) is 5.69 Å². The predicted octanol–water partition coefficient (Wildman–Crippen LogP) is 5.01. The Labute approximate surface area is 155 Å². The number of ether oxygens (including phenoxy) is 2. The van der Waals surface area contributed by atoms with Gasteiger partial charge in [0.1, 0.15) is 0 Å². The van der Waals surface area contributed by atoms with Crippen molar-refractivity contribution in [3.05, 3.63) is 59.2 Å². The minimum atomic E-state index is -0.153. The molecule has 0 unspecified atom stereocenters. The SMILES string of the molecule is CCCOc1ccc(C=CC(=O)Nc2c(C)cccc2CC)cc1OC. The van der Waals surface area contributed by atoms with Gasteiger partial charge in [0.25, 0.3) is 0 Å². The lowest BCUT2D eigenvalue weighted by Gasteiger charge is -2.12. The normalized spacial score (nSPS) is 10.8. The maximum absolute atomic E-state index is 12.3. The lowest BCUT2D eigenvalue weighted by Crippen LogP contribution is -2.11. The van der Waals surface area contributed by atoms with E-state index < -0.39 is 0 Å². The molecule has 2 aromatic rings. The number of amides is 1. The third-order valence-corrected chi connectivity index (χ3v) is 4.06. The van der Waals surface area contributed by atoms with Crippen molar-refractivity contribution in [1.82, 2.24) is 0 Å². The summed E-state index contributed by atoms with van der Waals surface area (Å²) in [5, 5.41) is 2.99. The third-order valence-electron chi connectivity index (χ3n) is 4.06. The summed E-state index contributed by atoms with van der Waals surface area (Å²) in [5.41, 5.74) is 3.96. The van der Waals surface area contributed by atoms with E-state index in [9.17, 15) is 4.79 Å². The van der Waals surface area contributed by atoms with E-state index in [2.05, 4.69) is 19.2 Å². The van der Waals surface area contributed by atoms with Crippen molar-refractivity contribution < 1.29 is 14.3 Å². The molecule has 0 spiro atoms. The van der Waals surface area contributed by atoms with Gasteiger partial charge in [0.15, 0.2) is 11.5 Å². The summed E-state index contributed by atoms with van der Waals surface area (Å²) in [5.74, 6) is 1.22. The number of hydrogen-bond acceptors (Lipinski definition) is 3. The average molecular weight is 353 g/mol. The number of carbonyl (C=O) groups is 1. The molecular formula is C22H27NO3. The molecule has 0 aliphatic rings. The van der Waals surface area contributed by atoms with Crippen LogP contribution in [-0.2, 0) is 11.2 Å². The summed E-state index contributed by atoms with van der Waals surface area (Å²) in [4.78, 5) is 12.3. The number of carbonyl (C=O) groups excluding carboxylic acids is 1. The summed E-state index contributed by atoms with van der Waals surface area (Å²) in [7, 11) is 1.61. The first-order chi connectivity index (χ1) is 12.6. The fourth-order valence-corrected chi connectivity index (χ4v) is 2.66. The van der Waals surface area contributed by atoms with Crippen molar-refractivity contribution in [2.45, 2.75) is 33.6 Å². The molecule has 0 radical (unpaired) electrons. The van der Waals surface area contributed by atoms with Gasteiger partial charge in [0.2, 0.25) is 5.91 Å². The first kappa shape index (κ1) is 19.6. The fourth-order valence-electron chi connectivity index (χ4n) is 2.66. The zero-order chi connectivity index (χ0) is 18.9. The van der Waals surface area contributed by atoms with Crippen molar-refractivity contribution in [2.75, 3.05) is 19.0 Å². The molecule has 0 saturated heterocycles. The molecule has 1 amide bonds. The van der Waals surface area contributed by atoms with Crippen LogP contribution < -0.4 is 14.8 Å². The smallest absolute Gasteiger partial charge is 0.248 e. The van der Waals surface area contributed by atoms with Gasteiger partial charge < -0.3 is 14.8 Å². The number of methoxy groups -OCH3 is 1. The van der Waals surface area contributed by atoms with E-state index in [-0.39, 0.29) is 5.91 Å². The van der Waals surface area contributed by atoms with Crippen molar-refractivity contribution in [3.8, 4) is 11.5 Å². The number of hydrogen-bond donors (Lipinski definition) is 1. The Morgan fingerprint density at radius 2 is 1.96 bits per heavy atom. The summed E-state index contributed by atoms with van der Waals surface area (Å²) >= 11 is 0. The molecule has 26 heavy (non-hydrogen) atoms. The van der Waals surface area contributed by atoms with Gasteiger partial charge in [-0.05, 0) is 54.7 Å². The van der Waals surface area contributed by atoms with Gasteiger partial charge in [-0.1, -0.05) is 38.1 Å². The van der Waals surface area contributed by atoms with E-state index in [0.717, 1.165) is 35.2 Å². The lowest BCUT2D eigenvalue weighted by atomic mass is 10.1. The Hall–Kier alpha value is -2.75. The van der Waals surface area contributed by atoms with Crippen molar-refractivity contribution >= 4 is 17.7 Å². The largest absolute Gasteiger partial charge is 0.493 e. The highest BCUT2D eigenvalue weighted by atomic mass is 16.5. The summed E-state index contributed by atoms with van der Waals surface area (Å²) in [6.45, 7) is 6.78. The molecule has 0 saturated carbocycles. The Bertz CT molecular complexity index is 781. The molecule has 4 nitrogen and oxygen atoms in total. The Kier molecular flexibility index (Phi) is 7.27. The molecule has 1 N–H and O–H groups in total. The molecule has 0 aliphatic carbocycles. The van der Waals surface area contributed by atoms with E-state index in [4.69, 9.17) is 9.47 Å². The Morgan fingerprint density at radius 1 is 1.15 bits per heavy atom. The molecule has 0 aliphatic heterocycles. The molecule has 0 bridgehead atoms. The lowest BCUT2D eigenvalue weighted by molar-refractivity contribution is -0.111. The zero-order valence-corrected chi connectivity index (χ0v) is 16.0.